The van der Waals surface area contributed by atoms with Crippen molar-refractivity contribution in [3.8, 4) is 11.5 Å². The summed E-state index contributed by atoms with van der Waals surface area (Å²) in [7, 11) is -2.25. The summed E-state index contributed by atoms with van der Waals surface area (Å²) in [5.41, 5.74) is 4.34. The SMILES string of the molecule is COc1cc(C)c(C(C)NC(=O)C2CN(S(=O)(=O)c3ccccc3)c3ccc(C)cc3O2)cc1C(C)C. The third kappa shape index (κ3) is 5.30. The minimum absolute atomic E-state index is 0.134. The molecule has 1 heterocycles. The van der Waals surface area contributed by atoms with E-state index in [0.717, 1.165) is 28.0 Å². The van der Waals surface area contributed by atoms with Crippen LogP contribution >= 0.6 is 0 Å². The van der Waals surface area contributed by atoms with E-state index in [1.807, 2.05) is 32.9 Å². The van der Waals surface area contributed by atoms with Crippen molar-refractivity contribution in [2.45, 2.75) is 57.6 Å². The van der Waals surface area contributed by atoms with Gasteiger partial charge in [0.05, 0.1) is 30.3 Å². The van der Waals surface area contributed by atoms with Crippen LogP contribution in [0.1, 0.15) is 55.0 Å². The minimum Gasteiger partial charge on any atom is -0.496 e. The molecule has 2 unspecified atom stereocenters. The topological polar surface area (TPSA) is 84.9 Å². The monoisotopic (exact) mass is 522 g/mol. The van der Waals surface area contributed by atoms with E-state index in [-0.39, 0.29) is 29.3 Å². The van der Waals surface area contributed by atoms with Crippen molar-refractivity contribution in [3.05, 3.63) is 82.9 Å². The number of methoxy groups -OCH3 is 1. The number of rotatable bonds is 7. The number of aryl methyl sites for hydroxylation is 2. The molecule has 37 heavy (non-hydrogen) atoms. The maximum Gasteiger partial charge on any atom is 0.264 e. The first-order chi connectivity index (χ1) is 17.5. The summed E-state index contributed by atoms with van der Waals surface area (Å²) >= 11 is 0. The molecule has 7 nitrogen and oxygen atoms in total. The summed E-state index contributed by atoms with van der Waals surface area (Å²) in [6, 6.07) is 17.3. The van der Waals surface area contributed by atoms with Gasteiger partial charge in [-0.3, -0.25) is 9.10 Å². The van der Waals surface area contributed by atoms with Crippen molar-refractivity contribution in [1.29, 1.82) is 0 Å². The summed E-state index contributed by atoms with van der Waals surface area (Å²) < 4.78 is 40.0. The Labute approximate surface area is 219 Å². The van der Waals surface area contributed by atoms with Crippen molar-refractivity contribution >= 4 is 21.6 Å². The first-order valence-corrected chi connectivity index (χ1v) is 13.8. The number of ether oxygens (including phenoxy) is 2. The second-order valence-corrected chi connectivity index (χ2v) is 11.6. The Balaban J connectivity index is 1.64. The lowest BCUT2D eigenvalue weighted by molar-refractivity contribution is -0.128. The lowest BCUT2D eigenvalue weighted by Crippen LogP contribution is -2.51. The Kier molecular flexibility index (Phi) is 7.50. The summed E-state index contributed by atoms with van der Waals surface area (Å²) in [4.78, 5) is 13.6. The molecule has 0 aliphatic carbocycles. The molecule has 2 atom stereocenters. The van der Waals surface area contributed by atoms with Crippen molar-refractivity contribution < 1.29 is 22.7 Å². The van der Waals surface area contributed by atoms with Gasteiger partial charge in [-0.2, -0.15) is 0 Å². The van der Waals surface area contributed by atoms with Crippen molar-refractivity contribution in [3.63, 3.8) is 0 Å². The van der Waals surface area contributed by atoms with Gasteiger partial charge >= 0.3 is 0 Å². The molecule has 0 aromatic heterocycles. The van der Waals surface area contributed by atoms with Crippen LogP contribution in [0, 0.1) is 13.8 Å². The molecule has 1 aliphatic heterocycles. The Hall–Kier alpha value is -3.52. The summed E-state index contributed by atoms with van der Waals surface area (Å²) in [6.07, 6.45) is -1.02. The number of anilines is 1. The zero-order valence-corrected chi connectivity index (χ0v) is 22.9. The molecular weight excluding hydrogens is 488 g/mol. The molecule has 4 rings (SSSR count). The molecule has 0 bridgehead atoms. The van der Waals surface area contributed by atoms with Crippen molar-refractivity contribution in [1.82, 2.24) is 5.32 Å². The number of carbonyl (C=O) groups is 1. The second-order valence-electron chi connectivity index (χ2n) is 9.76. The zero-order chi connectivity index (χ0) is 26.9. The summed E-state index contributed by atoms with van der Waals surface area (Å²) in [6.45, 7) is 9.84. The van der Waals surface area contributed by atoms with Gasteiger partial charge in [-0.15, -0.1) is 0 Å². The number of hydrogen-bond acceptors (Lipinski definition) is 5. The van der Waals surface area contributed by atoms with Gasteiger partial charge in [0.15, 0.2) is 6.10 Å². The number of hydrogen-bond donors (Lipinski definition) is 1. The van der Waals surface area contributed by atoms with Gasteiger partial charge < -0.3 is 14.8 Å². The van der Waals surface area contributed by atoms with Crippen LogP contribution < -0.4 is 19.1 Å². The maximum atomic E-state index is 13.6. The molecule has 0 saturated heterocycles. The molecule has 0 saturated carbocycles. The van der Waals surface area contributed by atoms with Gasteiger partial charge in [0.25, 0.3) is 15.9 Å². The van der Waals surface area contributed by atoms with E-state index in [0.29, 0.717) is 11.4 Å². The average molecular weight is 523 g/mol. The third-order valence-electron chi connectivity index (χ3n) is 6.67. The van der Waals surface area contributed by atoms with Crippen LogP contribution in [0.15, 0.2) is 65.6 Å². The standard InChI is InChI=1S/C29H34N2O5S/c1-18(2)23-16-24(20(4)15-26(23)35-6)21(5)30-29(32)28-17-31(25-13-12-19(3)14-27(25)36-28)37(33,34)22-10-8-7-9-11-22/h7-16,18,21,28H,17H2,1-6H3,(H,30,32). The normalized spacial score (nSPS) is 16.1. The number of benzene rings is 3. The first kappa shape index (κ1) is 26.5. The second kappa shape index (κ2) is 10.5. The van der Waals surface area contributed by atoms with E-state index in [1.165, 1.54) is 4.31 Å². The number of fused-ring (bicyclic) bond motifs is 1. The molecule has 1 N–H and O–H groups in total. The molecule has 196 valence electrons. The Morgan fingerprint density at radius 1 is 1.03 bits per heavy atom. The molecule has 0 radical (unpaired) electrons. The lowest BCUT2D eigenvalue weighted by Gasteiger charge is -2.35. The highest BCUT2D eigenvalue weighted by Crippen LogP contribution is 2.38. The van der Waals surface area contributed by atoms with Crippen molar-refractivity contribution in [2.75, 3.05) is 18.0 Å². The van der Waals surface area contributed by atoms with Crippen LogP contribution in [0.2, 0.25) is 0 Å². The van der Waals surface area contributed by atoms with Crippen LogP contribution in [-0.4, -0.2) is 34.1 Å². The van der Waals surface area contributed by atoms with Gasteiger partial charge in [0, 0.05) is 0 Å². The van der Waals surface area contributed by atoms with Gasteiger partial charge in [-0.05, 0) is 85.3 Å². The quantitative estimate of drug-likeness (QED) is 0.457. The van der Waals surface area contributed by atoms with Gasteiger partial charge in [-0.25, -0.2) is 8.42 Å². The van der Waals surface area contributed by atoms with Gasteiger partial charge in [-0.1, -0.05) is 38.1 Å². The molecule has 1 aliphatic rings. The fraction of sp³-hybridized carbons (Fsp3) is 0.345. The van der Waals surface area contributed by atoms with Crippen LogP contribution in [0.25, 0.3) is 0 Å². The minimum atomic E-state index is -3.91. The van der Waals surface area contributed by atoms with E-state index >= 15 is 0 Å². The molecule has 8 heteroatoms. The number of sulfonamides is 1. The summed E-state index contributed by atoms with van der Waals surface area (Å²) in [5.74, 6) is 1.05. The van der Waals surface area contributed by atoms with Crippen LogP contribution in [0.3, 0.4) is 0 Å². The van der Waals surface area contributed by atoms with Crippen LogP contribution in [0.4, 0.5) is 5.69 Å². The van der Waals surface area contributed by atoms with E-state index < -0.39 is 16.1 Å². The predicted octanol–water partition coefficient (Wildman–Crippen LogP) is 5.27. The van der Waals surface area contributed by atoms with Crippen LogP contribution in [0.5, 0.6) is 11.5 Å². The first-order valence-electron chi connectivity index (χ1n) is 12.4. The van der Waals surface area contributed by atoms with E-state index in [9.17, 15) is 13.2 Å². The predicted molar refractivity (Wildman–Crippen MR) is 145 cm³/mol. The zero-order valence-electron chi connectivity index (χ0n) is 22.1. The number of carbonyl (C=O) groups excluding carboxylic acids is 1. The largest absolute Gasteiger partial charge is 0.496 e. The number of nitrogens with zero attached hydrogens (tertiary/aromatic N) is 1. The summed E-state index contributed by atoms with van der Waals surface area (Å²) in [5, 5.41) is 3.04. The Bertz CT molecular complexity index is 1400. The average Bonchev–Trinajstić information content (AvgIpc) is 2.87. The van der Waals surface area contributed by atoms with Gasteiger partial charge in [0.2, 0.25) is 0 Å². The fourth-order valence-corrected chi connectivity index (χ4v) is 6.14. The number of amides is 1. The maximum absolute atomic E-state index is 13.6. The van der Waals surface area contributed by atoms with E-state index in [2.05, 4.69) is 25.2 Å². The molecule has 0 fully saturated rings. The number of nitrogens with one attached hydrogen (secondary N) is 1. The third-order valence-corrected chi connectivity index (χ3v) is 8.47. The van der Waals surface area contributed by atoms with Crippen LogP contribution in [-0.2, 0) is 14.8 Å². The Morgan fingerprint density at radius 3 is 2.38 bits per heavy atom. The molecule has 0 spiro atoms. The molecular formula is C29H34N2O5S. The Morgan fingerprint density at radius 2 is 1.73 bits per heavy atom. The molecule has 1 amide bonds. The van der Waals surface area contributed by atoms with Crippen molar-refractivity contribution in [2.24, 2.45) is 0 Å². The molecule has 3 aromatic carbocycles. The highest BCUT2D eigenvalue weighted by atomic mass is 32.2. The molecule has 3 aromatic rings. The highest BCUT2D eigenvalue weighted by molar-refractivity contribution is 7.92. The fourth-order valence-electron chi connectivity index (χ4n) is 4.64. The van der Waals surface area contributed by atoms with E-state index in [1.54, 1.807) is 49.6 Å². The van der Waals surface area contributed by atoms with E-state index in [4.69, 9.17) is 9.47 Å². The lowest BCUT2D eigenvalue weighted by atomic mass is 9.93. The van der Waals surface area contributed by atoms with Gasteiger partial charge in [0.1, 0.15) is 11.5 Å². The smallest absolute Gasteiger partial charge is 0.264 e. The highest BCUT2D eigenvalue weighted by Gasteiger charge is 2.38.